The summed E-state index contributed by atoms with van der Waals surface area (Å²) >= 11 is 0. The molecule has 2 rings (SSSR count). The highest BCUT2D eigenvalue weighted by molar-refractivity contribution is 5.93. The molecule has 1 amide bonds. The van der Waals surface area contributed by atoms with Crippen molar-refractivity contribution in [2.75, 3.05) is 13.1 Å². The Hall–Kier alpha value is -1.78. The van der Waals surface area contributed by atoms with Gasteiger partial charge in [0.2, 0.25) is 0 Å². The molecule has 5 nitrogen and oxygen atoms in total. The second-order valence-electron chi connectivity index (χ2n) is 6.30. The Morgan fingerprint density at radius 3 is 2.76 bits per heavy atom. The highest BCUT2D eigenvalue weighted by Gasteiger charge is 2.40. The lowest BCUT2D eigenvalue weighted by molar-refractivity contribution is -0.151. The number of aliphatic carboxylic acids is 1. The predicted octanol–water partition coefficient (Wildman–Crippen LogP) is 2.47. The number of nitrogens with zero attached hydrogens (tertiary/aromatic N) is 2. The Morgan fingerprint density at radius 1 is 1.43 bits per heavy atom. The number of hydrogen-bond donors (Lipinski definition) is 1. The Bertz CT molecular complexity index is 533. The molecule has 1 aliphatic rings. The first-order valence-corrected chi connectivity index (χ1v) is 7.55. The van der Waals surface area contributed by atoms with Crippen LogP contribution in [0.1, 0.15) is 44.1 Å². The minimum absolute atomic E-state index is 0.00209. The van der Waals surface area contributed by atoms with E-state index in [1.807, 2.05) is 29.8 Å². The van der Waals surface area contributed by atoms with Crippen LogP contribution >= 0.6 is 0 Å². The zero-order valence-electron chi connectivity index (χ0n) is 13.0. The Morgan fingerprint density at radius 2 is 2.14 bits per heavy atom. The summed E-state index contributed by atoms with van der Waals surface area (Å²) < 4.78 is 1.92. The smallest absolute Gasteiger partial charge is 0.309 e. The number of aryl methyl sites for hydroxylation is 1. The molecule has 116 valence electrons. The van der Waals surface area contributed by atoms with Crippen LogP contribution in [-0.4, -0.2) is 39.5 Å². The molecule has 0 aliphatic carbocycles. The summed E-state index contributed by atoms with van der Waals surface area (Å²) in [6.45, 7) is 7.49. The average molecular weight is 292 g/mol. The van der Waals surface area contributed by atoms with Crippen LogP contribution in [0.3, 0.4) is 0 Å². The first kappa shape index (κ1) is 15.6. The van der Waals surface area contributed by atoms with Gasteiger partial charge >= 0.3 is 5.97 Å². The number of carbonyl (C=O) groups excluding carboxylic acids is 1. The summed E-state index contributed by atoms with van der Waals surface area (Å²) in [5.41, 5.74) is -0.114. The molecule has 1 saturated heterocycles. The van der Waals surface area contributed by atoms with Gasteiger partial charge in [0.25, 0.3) is 5.91 Å². The second kappa shape index (κ2) is 5.92. The summed E-state index contributed by atoms with van der Waals surface area (Å²) in [6, 6.07) is 3.71. The number of carboxylic acids is 1. The number of piperidine rings is 1. The molecule has 1 N–H and O–H groups in total. The van der Waals surface area contributed by atoms with E-state index in [0.29, 0.717) is 18.8 Å². The Labute approximate surface area is 125 Å². The topological polar surface area (TPSA) is 62.5 Å². The van der Waals surface area contributed by atoms with E-state index < -0.39 is 11.4 Å². The zero-order valence-corrected chi connectivity index (χ0v) is 13.0. The maximum absolute atomic E-state index is 12.6. The lowest BCUT2D eigenvalue weighted by atomic mass is 9.74. The molecule has 21 heavy (non-hydrogen) atoms. The fourth-order valence-electron chi connectivity index (χ4n) is 2.97. The van der Waals surface area contributed by atoms with Crippen LogP contribution in [0.2, 0.25) is 0 Å². The van der Waals surface area contributed by atoms with Crippen LogP contribution in [0.25, 0.3) is 0 Å². The van der Waals surface area contributed by atoms with E-state index >= 15 is 0 Å². The summed E-state index contributed by atoms with van der Waals surface area (Å²) in [4.78, 5) is 25.9. The lowest BCUT2D eigenvalue weighted by Crippen LogP contribution is -2.47. The van der Waals surface area contributed by atoms with E-state index in [1.165, 1.54) is 0 Å². The largest absolute Gasteiger partial charge is 0.481 e. The first-order chi connectivity index (χ1) is 9.87. The molecule has 1 aromatic heterocycles. The second-order valence-corrected chi connectivity index (χ2v) is 6.30. The Balaban J connectivity index is 2.15. The van der Waals surface area contributed by atoms with E-state index in [2.05, 4.69) is 0 Å². The number of aromatic nitrogens is 1. The molecule has 1 atom stereocenters. The van der Waals surface area contributed by atoms with Gasteiger partial charge in [-0.25, -0.2) is 0 Å². The molecular weight excluding hydrogens is 268 g/mol. The first-order valence-electron chi connectivity index (χ1n) is 7.55. The minimum Gasteiger partial charge on any atom is -0.481 e. The van der Waals surface area contributed by atoms with Crippen LogP contribution in [-0.2, 0) is 11.3 Å². The molecule has 1 unspecified atom stereocenters. The molecule has 0 bridgehead atoms. The zero-order chi connectivity index (χ0) is 15.6. The van der Waals surface area contributed by atoms with Crippen molar-refractivity contribution in [2.24, 2.45) is 11.3 Å². The number of amides is 1. The van der Waals surface area contributed by atoms with E-state index in [-0.39, 0.29) is 11.8 Å². The fraction of sp³-hybridized carbons (Fsp3) is 0.625. The predicted molar refractivity (Wildman–Crippen MR) is 80.2 cm³/mol. The van der Waals surface area contributed by atoms with Crippen LogP contribution in [0.4, 0.5) is 0 Å². The molecule has 1 aliphatic heterocycles. The summed E-state index contributed by atoms with van der Waals surface area (Å²) in [5, 5.41) is 9.38. The normalized spacial score (nSPS) is 19.6. The lowest BCUT2D eigenvalue weighted by Gasteiger charge is -2.39. The van der Waals surface area contributed by atoms with Gasteiger partial charge in [0.15, 0.2) is 0 Å². The van der Waals surface area contributed by atoms with Gasteiger partial charge in [0.05, 0.1) is 5.41 Å². The van der Waals surface area contributed by atoms with Crippen molar-refractivity contribution in [2.45, 2.75) is 40.2 Å². The summed E-state index contributed by atoms with van der Waals surface area (Å²) in [6.07, 6.45) is 3.62. The molecule has 1 aromatic rings. The molecule has 2 heterocycles. The van der Waals surface area contributed by atoms with Crippen molar-refractivity contribution >= 4 is 11.9 Å². The minimum atomic E-state index is -0.800. The highest BCUT2D eigenvalue weighted by atomic mass is 16.4. The van der Waals surface area contributed by atoms with E-state index in [9.17, 15) is 14.7 Å². The van der Waals surface area contributed by atoms with Gasteiger partial charge in [-0.3, -0.25) is 9.59 Å². The standard InChI is InChI=1S/C16H24N2O3/c1-4-17-9-6-8-13(17)14(19)18-10-5-7-12(11-18)16(2,3)15(20)21/h6,8-9,12H,4-5,7,10-11H2,1-3H3,(H,20,21). The van der Waals surface area contributed by atoms with Gasteiger partial charge in [-0.1, -0.05) is 0 Å². The van der Waals surface area contributed by atoms with Crippen molar-refractivity contribution in [1.29, 1.82) is 0 Å². The molecule has 5 heteroatoms. The van der Waals surface area contributed by atoms with Gasteiger partial charge in [-0.15, -0.1) is 0 Å². The van der Waals surface area contributed by atoms with E-state index in [1.54, 1.807) is 18.7 Å². The van der Waals surface area contributed by atoms with Crippen molar-refractivity contribution in [3.63, 3.8) is 0 Å². The molecule has 0 spiro atoms. The number of carboxylic acid groups (broad SMARTS) is 1. The highest BCUT2D eigenvalue weighted by Crippen LogP contribution is 2.34. The third kappa shape index (κ3) is 2.96. The van der Waals surface area contributed by atoms with Crippen LogP contribution in [0, 0.1) is 11.3 Å². The summed E-state index contributed by atoms with van der Waals surface area (Å²) in [7, 11) is 0. The molecule has 0 radical (unpaired) electrons. The molecular formula is C16H24N2O3. The van der Waals surface area contributed by atoms with Crippen molar-refractivity contribution in [1.82, 2.24) is 9.47 Å². The van der Waals surface area contributed by atoms with Gasteiger partial charge in [-0.2, -0.15) is 0 Å². The van der Waals surface area contributed by atoms with Crippen LogP contribution in [0.15, 0.2) is 18.3 Å². The van der Waals surface area contributed by atoms with Crippen molar-refractivity contribution in [3.8, 4) is 0 Å². The third-order valence-corrected chi connectivity index (χ3v) is 4.67. The SMILES string of the molecule is CCn1cccc1C(=O)N1CCCC(C(C)(C)C(=O)O)C1. The van der Waals surface area contributed by atoms with Gasteiger partial charge in [0, 0.05) is 25.8 Å². The molecule has 0 saturated carbocycles. The third-order valence-electron chi connectivity index (χ3n) is 4.67. The van der Waals surface area contributed by atoms with E-state index in [0.717, 1.165) is 19.4 Å². The number of likely N-dealkylation sites (tertiary alicyclic amines) is 1. The number of hydrogen-bond acceptors (Lipinski definition) is 2. The monoisotopic (exact) mass is 292 g/mol. The Kier molecular flexibility index (Phi) is 4.40. The maximum atomic E-state index is 12.6. The van der Waals surface area contributed by atoms with Gasteiger partial charge < -0.3 is 14.6 Å². The number of rotatable bonds is 4. The maximum Gasteiger partial charge on any atom is 0.309 e. The molecule has 0 aromatic carbocycles. The van der Waals surface area contributed by atoms with Gasteiger partial charge in [0.1, 0.15) is 5.69 Å². The fourth-order valence-corrected chi connectivity index (χ4v) is 2.97. The average Bonchev–Trinajstić information content (AvgIpc) is 2.94. The van der Waals surface area contributed by atoms with Crippen LogP contribution < -0.4 is 0 Å². The van der Waals surface area contributed by atoms with Crippen molar-refractivity contribution in [3.05, 3.63) is 24.0 Å². The number of carbonyl (C=O) groups is 2. The molecule has 1 fully saturated rings. The summed E-state index contributed by atoms with van der Waals surface area (Å²) in [5.74, 6) is -0.788. The van der Waals surface area contributed by atoms with Gasteiger partial charge in [-0.05, 0) is 51.7 Å². The van der Waals surface area contributed by atoms with E-state index in [4.69, 9.17) is 0 Å². The quantitative estimate of drug-likeness (QED) is 0.927. The van der Waals surface area contributed by atoms with Crippen molar-refractivity contribution < 1.29 is 14.7 Å². The van der Waals surface area contributed by atoms with Crippen LogP contribution in [0.5, 0.6) is 0 Å².